The summed E-state index contributed by atoms with van der Waals surface area (Å²) >= 11 is 1.60. The Bertz CT molecular complexity index is 675. The van der Waals surface area contributed by atoms with Gasteiger partial charge in [0, 0.05) is 18.0 Å². The third kappa shape index (κ3) is 3.94. The molecule has 3 atom stereocenters. The number of hydrogen-bond donors (Lipinski definition) is 0. The summed E-state index contributed by atoms with van der Waals surface area (Å²) in [5.41, 5.74) is 0. The maximum atomic E-state index is 13.0. The molecule has 27 heavy (non-hydrogen) atoms. The van der Waals surface area contributed by atoms with Gasteiger partial charge in [-0.15, -0.1) is 11.3 Å². The van der Waals surface area contributed by atoms with E-state index in [9.17, 15) is 14.4 Å². The highest BCUT2D eigenvalue weighted by Crippen LogP contribution is 2.38. The van der Waals surface area contributed by atoms with Gasteiger partial charge in [0.2, 0.25) is 17.7 Å². The zero-order valence-electron chi connectivity index (χ0n) is 15.5. The fourth-order valence-corrected chi connectivity index (χ4v) is 5.22. The van der Waals surface area contributed by atoms with Crippen LogP contribution in [-0.4, -0.2) is 53.3 Å². The Morgan fingerprint density at radius 3 is 2.48 bits per heavy atom. The molecule has 1 aromatic heterocycles. The predicted octanol–water partition coefficient (Wildman–Crippen LogP) is 2.43. The Balaban J connectivity index is 1.45. The van der Waals surface area contributed by atoms with Gasteiger partial charge in [-0.2, -0.15) is 0 Å². The van der Waals surface area contributed by atoms with E-state index in [-0.39, 0.29) is 42.2 Å². The molecule has 0 bridgehead atoms. The molecule has 146 valence electrons. The molecule has 0 spiro atoms. The summed E-state index contributed by atoms with van der Waals surface area (Å²) < 4.78 is 5.70. The van der Waals surface area contributed by atoms with Crippen molar-refractivity contribution in [3.63, 3.8) is 0 Å². The molecule has 3 unspecified atom stereocenters. The molecule has 1 saturated carbocycles. The predicted molar refractivity (Wildman–Crippen MR) is 101 cm³/mol. The average Bonchev–Trinajstić information content (AvgIpc) is 3.41. The fraction of sp³-hybridized carbons (Fsp3) is 0.650. The van der Waals surface area contributed by atoms with E-state index < -0.39 is 0 Å². The van der Waals surface area contributed by atoms with Gasteiger partial charge in [-0.3, -0.25) is 19.3 Å². The van der Waals surface area contributed by atoms with Gasteiger partial charge in [0.05, 0.1) is 24.5 Å². The topological polar surface area (TPSA) is 66.9 Å². The maximum absolute atomic E-state index is 13.0. The minimum absolute atomic E-state index is 0.0430. The summed E-state index contributed by atoms with van der Waals surface area (Å²) in [5, 5.41) is 1.99. The van der Waals surface area contributed by atoms with Gasteiger partial charge in [-0.05, 0) is 37.1 Å². The molecule has 6 nitrogen and oxygen atoms in total. The number of amides is 3. The van der Waals surface area contributed by atoms with Gasteiger partial charge in [-0.25, -0.2) is 0 Å². The molecule has 4 rings (SSSR count). The molecule has 3 amide bonds. The van der Waals surface area contributed by atoms with E-state index in [0.29, 0.717) is 13.1 Å². The number of thiophene rings is 1. The fourth-order valence-electron chi connectivity index (χ4n) is 4.50. The number of fused-ring (bicyclic) bond motifs is 1. The van der Waals surface area contributed by atoms with Gasteiger partial charge < -0.3 is 9.64 Å². The Labute approximate surface area is 163 Å². The van der Waals surface area contributed by atoms with Crippen LogP contribution in [-0.2, 0) is 25.7 Å². The smallest absolute Gasteiger partial charge is 0.243 e. The number of ether oxygens (including phenoxy) is 1. The molecule has 0 N–H and O–H groups in total. The van der Waals surface area contributed by atoms with Crippen molar-refractivity contribution in [2.45, 2.75) is 51.2 Å². The summed E-state index contributed by atoms with van der Waals surface area (Å²) in [4.78, 5) is 42.5. The number of hydrogen-bond acceptors (Lipinski definition) is 5. The number of likely N-dealkylation sites (tertiary alicyclic amines) is 1. The Morgan fingerprint density at radius 2 is 1.89 bits per heavy atom. The summed E-state index contributed by atoms with van der Waals surface area (Å²) in [6, 6.07) is 3.97. The van der Waals surface area contributed by atoms with Crippen LogP contribution in [0.3, 0.4) is 0 Å². The second-order valence-electron chi connectivity index (χ2n) is 7.75. The van der Waals surface area contributed by atoms with Crippen molar-refractivity contribution in [2.75, 3.05) is 19.7 Å². The Kier molecular flexibility index (Phi) is 5.59. The average molecular weight is 391 g/mol. The van der Waals surface area contributed by atoms with E-state index in [1.54, 1.807) is 16.2 Å². The van der Waals surface area contributed by atoms with Crippen LogP contribution in [0, 0.1) is 11.8 Å². The second-order valence-corrected chi connectivity index (χ2v) is 8.78. The standard InChI is InChI=1S/C20H26N2O4S/c23-18(13-22-19(24)16-7-1-2-8-17(16)20(22)25)21(11-14-5-3-9-26-14)12-15-6-4-10-27-15/h4,6,10,14,16-17H,1-3,5,7-9,11-13H2. The summed E-state index contributed by atoms with van der Waals surface area (Å²) in [6.45, 7) is 1.61. The number of imide groups is 1. The van der Waals surface area contributed by atoms with Crippen molar-refractivity contribution in [2.24, 2.45) is 11.8 Å². The highest BCUT2D eigenvalue weighted by atomic mass is 32.1. The minimum Gasteiger partial charge on any atom is -0.376 e. The lowest BCUT2D eigenvalue weighted by Crippen LogP contribution is -2.45. The van der Waals surface area contributed by atoms with Crippen LogP contribution in [0.15, 0.2) is 17.5 Å². The summed E-state index contributed by atoms with van der Waals surface area (Å²) in [5.74, 6) is -0.873. The molecule has 1 aromatic rings. The molecule has 2 saturated heterocycles. The molecule has 0 radical (unpaired) electrons. The van der Waals surface area contributed by atoms with Crippen molar-refractivity contribution < 1.29 is 19.1 Å². The van der Waals surface area contributed by atoms with Crippen LogP contribution in [0.1, 0.15) is 43.4 Å². The van der Waals surface area contributed by atoms with Gasteiger partial charge in [0.1, 0.15) is 6.54 Å². The zero-order chi connectivity index (χ0) is 18.8. The molecule has 3 heterocycles. The quantitative estimate of drug-likeness (QED) is 0.700. The van der Waals surface area contributed by atoms with E-state index in [1.165, 1.54) is 4.90 Å². The first-order chi connectivity index (χ1) is 13.1. The summed E-state index contributed by atoms with van der Waals surface area (Å²) in [6.07, 6.45) is 5.53. The van der Waals surface area contributed by atoms with Crippen LogP contribution < -0.4 is 0 Å². The molecule has 3 aliphatic rings. The largest absolute Gasteiger partial charge is 0.376 e. The van der Waals surface area contributed by atoms with Crippen LogP contribution >= 0.6 is 11.3 Å². The van der Waals surface area contributed by atoms with E-state index in [0.717, 1.165) is 50.0 Å². The highest BCUT2D eigenvalue weighted by Gasteiger charge is 2.48. The van der Waals surface area contributed by atoms with Crippen LogP contribution in [0.4, 0.5) is 0 Å². The van der Waals surface area contributed by atoms with E-state index in [1.807, 2.05) is 17.5 Å². The maximum Gasteiger partial charge on any atom is 0.243 e. The lowest BCUT2D eigenvalue weighted by Gasteiger charge is -2.27. The van der Waals surface area contributed by atoms with Crippen LogP contribution in [0.25, 0.3) is 0 Å². The van der Waals surface area contributed by atoms with Crippen molar-refractivity contribution in [1.82, 2.24) is 9.80 Å². The van der Waals surface area contributed by atoms with Crippen molar-refractivity contribution in [1.29, 1.82) is 0 Å². The van der Waals surface area contributed by atoms with Gasteiger partial charge >= 0.3 is 0 Å². The molecule has 1 aliphatic carbocycles. The van der Waals surface area contributed by atoms with Crippen LogP contribution in [0.2, 0.25) is 0 Å². The molecule has 0 aromatic carbocycles. The Morgan fingerprint density at radius 1 is 1.15 bits per heavy atom. The first kappa shape index (κ1) is 18.6. The lowest BCUT2D eigenvalue weighted by atomic mass is 9.81. The highest BCUT2D eigenvalue weighted by molar-refractivity contribution is 7.09. The van der Waals surface area contributed by atoms with Gasteiger partial charge in [-0.1, -0.05) is 18.9 Å². The molecule has 7 heteroatoms. The first-order valence-corrected chi connectivity index (χ1v) is 10.8. The van der Waals surface area contributed by atoms with Crippen molar-refractivity contribution >= 4 is 29.1 Å². The monoisotopic (exact) mass is 390 g/mol. The first-order valence-electron chi connectivity index (χ1n) is 9.90. The number of carbonyl (C=O) groups excluding carboxylic acids is 3. The van der Waals surface area contributed by atoms with Crippen molar-refractivity contribution in [3.8, 4) is 0 Å². The molecule has 3 fully saturated rings. The van der Waals surface area contributed by atoms with Crippen molar-refractivity contribution in [3.05, 3.63) is 22.4 Å². The second kappa shape index (κ2) is 8.10. The van der Waals surface area contributed by atoms with Crippen LogP contribution in [0.5, 0.6) is 0 Å². The molecular formula is C20H26N2O4S. The number of rotatable bonds is 6. The minimum atomic E-state index is -0.206. The normalized spacial score (nSPS) is 27.9. The molecular weight excluding hydrogens is 364 g/mol. The van der Waals surface area contributed by atoms with E-state index in [4.69, 9.17) is 4.74 Å². The molecule has 2 aliphatic heterocycles. The third-order valence-corrected chi connectivity index (χ3v) is 6.81. The number of carbonyl (C=O) groups is 3. The van der Waals surface area contributed by atoms with Gasteiger partial charge in [0.15, 0.2) is 0 Å². The third-order valence-electron chi connectivity index (χ3n) is 5.95. The zero-order valence-corrected chi connectivity index (χ0v) is 16.3. The Hall–Kier alpha value is -1.73. The van der Waals surface area contributed by atoms with Gasteiger partial charge in [0.25, 0.3) is 0 Å². The lowest BCUT2D eigenvalue weighted by molar-refractivity contribution is -0.147. The van der Waals surface area contributed by atoms with E-state index in [2.05, 4.69) is 0 Å². The number of nitrogens with zero attached hydrogens (tertiary/aromatic N) is 2. The summed E-state index contributed by atoms with van der Waals surface area (Å²) in [7, 11) is 0. The SMILES string of the molecule is O=C(CN1C(=O)C2CCCCC2C1=O)N(Cc1cccs1)CC1CCCO1. The van der Waals surface area contributed by atoms with E-state index >= 15 is 0 Å².